The maximum Gasteiger partial charge on any atom is 0.407 e. The van der Waals surface area contributed by atoms with Gasteiger partial charge in [-0.25, -0.2) is 23.8 Å². The Kier molecular flexibility index (Phi) is 5.25. The zero-order chi connectivity index (χ0) is 22.9. The minimum absolute atomic E-state index is 0.173. The van der Waals surface area contributed by atoms with Crippen LogP contribution in [0.1, 0.15) is 12.8 Å². The molecule has 1 aliphatic heterocycles. The highest BCUT2D eigenvalue weighted by atomic mass is 19.1. The monoisotopic (exact) mass is 448 g/mol. The molecule has 1 saturated heterocycles. The summed E-state index contributed by atoms with van der Waals surface area (Å²) in [6.07, 6.45) is 1.83. The number of fused-ring (bicyclic) bond motifs is 1. The molecule has 2 aromatic heterocycles. The number of nitrogens with zero attached hydrogens (tertiary/aromatic N) is 5. The minimum atomic E-state index is -0.969. The molecule has 168 valence electrons. The van der Waals surface area contributed by atoms with Crippen molar-refractivity contribution in [2.45, 2.75) is 25.4 Å². The fraction of sp³-hybridized carbons (Fsp3) is 0.217. The minimum Gasteiger partial charge on any atom is -0.465 e. The number of halogens is 1. The molecule has 4 aromatic rings. The average molecular weight is 448 g/mol. The molecule has 0 radical (unpaired) electrons. The number of anilines is 1. The van der Waals surface area contributed by atoms with Crippen molar-refractivity contribution in [2.75, 3.05) is 12.3 Å². The van der Waals surface area contributed by atoms with Crippen LogP contribution < -0.4 is 10.5 Å². The van der Waals surface area contributed by atoms with Crippen LogP contribution in [0, 0.1) is 5.82 Å². The van der Waals surface area contributed by atoms with Crippen LogP contribution in [0.5, 0.6) is 11.5 Å². The SMILES string of the molecule is Nc1ncnc2c1c(-c1ccc(Oc3ccccc3)cc1F)nn2C[C@H]1CCCN1C(=O)O. The molecule has 1 aliphatic rings. The summed E-state index contributed by atoms with van der Waals surface area (Å²) in [7, 11) is 0. The van der Waals surface area contributed by atoms with Gasteiger partial charge in [-0.2, -0.15) is 5.10 Å². The highest BCUT2D eigenvalue weighted by Gasteiger charge is 2.30. The molecule has 10 heteroatoms. The Hall–Kier alpha value is -4.21. The van der Waals surface area contributed by atoms with E-state index in [0.29, 0.717) is 41.2 Å². The molecule has 5 rings (SSSR count). The summed E-state index contributed by atoms with van der Waals surface area (Å²) in [5, 5.41) is 14.5. The van der Waals surface area contributed by atoms with Gasteiger partial charge in [0.2, 0.25) is 0 Å². The van der Waals surface area contributed by atoms with Crippen molar-refractivity contribution >= 4 is 22.9 Å². The van der Waals surface area contributed by atoms with Crippen molar-refractivity contribution in [1.82, 2.24) is 24.6 Å². The molecule has 1 amide bonds. The van der Waals surface area contributed by atoms with Gasteiger partial charge in [0.05, 0.1) is 18.0 Å². The second-order valence-corrected chi connectivity index (χ2v) is 7.82. The van der Waals surface area contributed by atoms with Crippen LogP contribution in [0.15, 0.2) is 54.9 Å². The summed E-state index contributed by atoms with van der Waals surface area (Å²) in [4.78, 5) is 21.3. The first-order valence-electron chi connectivity index (χ1n) is 10.5. The molecule has 2 aromatic carbocycles. The Balaban J connectivity index is 1.52. The Morgan fingerprint density at radius 2 is 2.00 bits per heavy atom. The van der Waals surface area contributed by atoms with E-state index in [1.165, 1.54) is 17.3 Å². The zero-order valence-corrected chi connectivity index (χ0v) is 17.6. The number of aromatic nitrogens is 4. The van der Waals surface area contributed by atoms with Gasteiger partial charge in [-0.05, 0) is 37.1 Å². The molecule has 3 N–H and O–H groups in total. The van der Waals surface area contributed by atoms with E-state index in [1.807, 2.05) is 18.2 Å². The fourth-order valence-electron chi connectivity index (χ4n) is 4.20. The number of nitrogen functional groups attached to an aromatic ring is 1. The molecule has 0 spiro atoms. The maximum atomic E-state index is 15.2. The van der Waals surface area contributed by atoms with Crippen LogP contribution in [0.25, 0.3) is 22.3 Å². The Morgan fingerprint density at radius 1 is 1.18 bits per heavy atom. The lowest BCUT2D eigenvalue weighted by molar-refractivity contribution is 0.135. The molecule has 9 nitrogen and oxygen atoms in total. The molecular weight excluding hydrogens is 427 g/mol. The van der Waals surface area contributed by atoms with Crippen LogP contribution >= 0.6 is 0 Å². The molecule has 0 saturated carbocycles. The van der Waals surface area contributed by atoms with Gasteiger partial charge in [0.1, 0.15) is 35.2 Å². The number of likely N-dealkylation sites (tertiary alicyclic amines) is 1. The summed E-state index contributed by atoms with van der Waals surface area (Å²) < 4.78 is 22.5. The van der Waals surface area contributed by atoms with E-state index in [0.717, 1.165) is 6.42 Å². The number of benzene rings is 2. The lowest BCUT2D eigenvalue weighted by atomic mass is 10.1. The lowest BCUT2D eigenvalue weighted by Crippen LogP contribution is -2.37. The number of carbonyl (C=O) groups is 1. The summed E-state index contributed by atoms with van der Waals surface area (Å²) >= 11 is 0. The van der Waals surface area contributed by atoms with E-state index in [4.69, 9.17) is 10.5 Å². The summed E-state index contributed by atoms with van der Waals surface area (Å²) in [5.41, 5.74) is 7.07. The quantitative estimate of drug-likeness (QED) is 0.471. The number of hydrogen-bond donors (Lipinski definition) is 2. The number of rotatable bonds is 5. The first-order chi connectivity index (χ1) is 16.0. The predicted octanol–water partition coefficient (Wildman–Crippen LogP) is 4.15. The highest BCUT2D eigenvalue weighted by molar-refractivity contribution is 5.98. The van der Waals surface area contributed by atoms with Gasteiger partial charge in [-0.3, -0.25) is 0 Å². The van der Waals surface area contributed by atoms with Crippen molar-refractivity contribution < 1.29 is 19.0 Å². The summed E-state index contributed by atoms with van der Waals surface area (Å²) in [5.74, 6) is 0.577. The van der Waals surface area contributed by atoms with E-state index in [-0.39, 0.29) is 24.0 Å². The van der Waals surface area contributed by atoms with Crippen molar-refractivity contribution in [2.24, 2.45) is 0 Å². The molecule has 3 heterocycles. The normalized spacial score (nSPS) is 15.8. The predicted molar refractivity (Wildman–Crippen MR) is 119 cm³/mol. The summed E-state index contributed by atoms with van der Waals surface area (Å²) in [6, 6.07) is 13.4. The largest absolute Gasteiger partial charge is 0.465 e. The number of amides is 1. The fourth-order valence-corrected chi connectivity index (χ4v) is 4.20. The number of carboxylic acid groups (broad SMARTS) is 1. The van der Waals surface area contributed by atoms with Gasteiger partial charge < -0.3 is 20.5 Å². The van der Waals surface area contributed by atoms with Gasteiger partial charge in [0.15, 0.2) is 5.65 Å². The highest BCUT2D eigenvalue weighted by Crippen LogP contribution is 2.34. The van der Waals surface area contributed by atoms with Crippen LogP contribution in [-0.2, 0) is 6.54 Å². The van der Waals surface area contributed by atoms with Crippen molar-refractivity contribution in [3.63, 3.8) is 0 Å². The van der Waals surface area contributed by atoms with Crippen molar-refractivity contribution in [3.8, 4) is 22.8 Å². The van der Waals surface area contributed by atoms with Crippen molar-refractivity contribution in [1.29, 1.82) is 0 Å². The van der Waals surface area contributed by atoms with Gasteiger partial charge in [0.25, 0.3) is 0 Å². The summed E-state index contributed by atoms with van der Waals surface area (Å²) in [6.45, 7) is 0.761. The molecule has 33 heavy (non-hydrogen) atoms. The topological polar surface area (TPSA) is 119 Å². The van der Waals surface area contributed by atoms with Gasteiger partial charge in [-0.1, -0.05) is 18.2 Å². The van der Waals surface area contributed by atoms with Gasteiger partial charge >= 0.3 is 6.09 Å². The van der Waals surface area contributed by atoms with Crippen LogP contribution in [-0.4, -0.2) is 48.4 Å². The third-order valence-electron chi connectivity index (χ3n) is 5.74. The molecule has 0 aliphatic carbocycles. The number of nitrogens with two attached hydrogens (primary N) is 1. The Labute approximate surface area is 188 Å². The second-order valence-electron chi connectivity index (χ2n) is 7.82. The second kappa shape index (κ2) is 8.38. The van der Waals surface area contributed by atoms with Crippen molar-refractivity contribution in [3.05, 3.63) is 60.7 Å². The van der Waals surface area contributed by atoms with Gasteiger partial charge in [-0.15, -0.1) is 0 Å². The molecule has 0 bridgehead atoms. The van der Waals surface area contributed by atoms with E-state index >= 15 is 4.39 Å². The third kappa shape index (κ3) is 3.91. The third-order valence-corrected chi connectivity index (χ3v) is 5.74. The zero-order valence-electron chi connectivity index (χ0n) is 17.6. The Bertz CT molecular complexity index is 1330. The standard InChI is InChI=1S/C23H21FN6O3/c24-18-11-16(33-15-6-2-1-3-7-15)8-9-17(18)20-19-21(25)26-13-27-22(19)30(28-20)12-14-5-4-10-29(14)23(31)32/h1-3,6-9,11,13-14H,4-5,10,12H2,(H,31,32)(H2,25,26,27)/t14-/m1/s1. The number of ether oxygens (including phenoxy) is 1. The first kappa shape index (κ1) is 20.7. The van der Waals surface area contributed by atoms with Crippen LogP contribution in [0.3, 0.4) is 0 Å². The first-order valence-corrected chi connectivity index (χ1v) is 10.5. The van der Waals surface area contributed by atoms with Crippen LogP contribution in [0.4, 0.5) is 15.0 Å². The number of para-hydroxylation sites is 1. The molecular formula is C23H21FN6O3. The lowest BCUT2D eigenvalue weighted by Gasteiger charge is -2.21. The molecule has 1 fully saturated rings. The van der Waals surface area contributed by atoms with Gasteiger partial charge in [0, 0.05) is 18.2 Å². The smallest absolute Gasteiger partial charge is 0.407 e. The molecule has 1 atom stereocenters. The van der Waals surface area contributed by atoms with E-state index in [2.05, 4.69) is 15.1 Å². The average Bonchev–Trinajstić information content (AvgIpc) is 3.41. The Morgan fingerprint density at radius 3 is 2.76 bits per heavy atom. The van der Waals surface area contributed by atoms with Crippen LogP contribution in [0.2, 0.25) is 0 Å². The van der Waals surface area contributed by atoms with E-state index in [1.54, 1.807) is 28.9 Å². The van der Waals surface area contributed by atoms with E-state index < -0.39 is 11.9 Å². The van der Waals surface area contributed by atoms with E-state index in [9.17, 15) is 9.90 Å². The number of hydrogen-bond acceptors (Lipinski definition) is 6. The maximum absolute atomic E-state index is 15.2. The molecule has 0 unspecified atom stereocenters.